The molecule has 98 valence electrons. The quantitative estimate of drug-likeness (QED) is 0.936. The highest BCUT2D eigenvalue weighted by Crippen LogP contribution is 2.20. The molecule has 19 heavy (non-hydrogen) atoms. The van der Waals surface area contributed by atoms with Crippen molar-refractivity contribution in [3.8, 4) is 0 Å². The maximum absolute atomic E-state index is 11.9. The van der Waals surface area contributed by atoms with E-state index in [1.54, 1.807) is 49.5 Å². The molecule has 0 aliphatic heterocycles. The minimum atomic E-state index is -0.291. The fraction of sp³-hybridized carbons (Fsp3) is 0.143. The monoisotopic (exact) mass is 276 g/mol. The lowest BCUT2D eigenvalue weighted by Crippen LogP contribution is -2.28. The topological polar surface area (TPSA) is 51.1 Å². The molecule has 1 aromatic carbocycles. The molecule has 0 saturated heterocycles. The summed E-state index contributed by atoms with van der Waals surface area (Å²) in [6, 6.07) is 10.4. The Bertz CT molecular complexity index is 664. The van der Waals surface area contributed by atoms with Gasteiger partial charge in [-0.05, 0) is 25.1 Å². The number of amides is 1. The fourth-order valence-corrected chi connectivity index (χ4v) is 1.87. The van der Waals surface area contributed by atoms with Crippen LogP contribution in [0.25, 0.3) is 0 Å². The van der Waals surface area contributed by atoms with E-state index in [0.29, 0.717) is 16.3 Å². The number of aryl methyl sites for hydroxylation is 1. The summed E-state index contributed by atoms with van der Waals surface area (Å²) in [5.41, 5.74) is 0.972. The third kappa shape index (κ3) is 3.23. The van der Waals surface area contributed by atoms with Crippen LogP contribution in [0.4, 0.5) is 5.69 Å². The average Bonchev–Trinajstić information content (AvgIpc) is 2.38. The molecule has 0 saturated carbocycles. The SMILES string of the molecule is Cc1cccn(CC(=O)Nc2ccccc2Cl)c1=O. The number of para-hydroxylation sites is 1. The van der Waals surface area contributed by atoms with Crippen molar-refractivity contribution >= 4 is 23.2 Å². The molecule has 4 nitrogen and oxygen atoms in total. The lowest BCUT2D eigenvalue weighted by molar-refractivity contribution is -0.116. The van der Waals surface area contributed by atoms with E-state index >= 15 is 0 Å². The third-order valence-corrected chi connectivity index (χ3v) is 3.00. The van der Waals surface area contributed by atoms with Crippen LogP contribution in [0.2, 0.25) is 5.02 Å². The van der Waals surface area contributed by atoms with Gasteiger partial charge in [0, 0.05) is 11.8 Å². The highest BCUT2D eigenvalue weighted by Gasteiger charge is 2.07. The Balaban J connectivity index is 2.12. The van der Waals surface area contributed by atoms with Crippen molar-refractivity contribution in [2.75, 3.05) is 5.32 Å². The molecule has 1 N–H and O–H groups in total. The van der Waals surface area contributed by atoms with E-state index in [0.717, 1.165) is 0 Å². The van der Waals surface area contributed by atoms with Gasteiger partial charge < -0.3 is 9.88 Å². The number of nitrogens with one attached hydrogen (secondary N) is 1. The van der Waals surface area contributed by atoms with E-state index in [-0.39, 0.29) is 18.0 Å². The van der Waals surface area contributed by atoms with Gasteiger partial charge in [-0.1, -0.05) is 29.8 Å². The molecule has 1 heterocycles. The van der Waals surface area contributed by atoms with Gasteiger partial charge in [0.05, 0.1) is 10.7 Å². The Morgan fingerprint density at radius 2 is 2.00 bits per heavy atom. The molecular weight excluding hydrogens is 264 g/mol. The number of hydrogen-bond acceptors (Lipinski definition) is 2. The lowest BCUT2D eigenvalue weighted by Gasteiger charge is -2.09. The summed E-state index contributed by atoms with van der Waals surface area (Å²) in [4.78, 5) is 23.6. The van der Waals surface area contributed by atoms with Gasteiger partial charge in [0.1, 0.15) is 6.54 Å². The van der Waals surface area contributed by atoms with Crippen LogP contribution in [0.5, 0.6) is 0 Å². The molecule has 0 fully saturated rings. The van der Waals surface area contributed by atoms with Crippen LogP contribution >= 0.6 is 11.6 Å². The summed E-state index contributed by atoms with van der Waals surface area (Å²) < 4.78 is 1.36. The number of anilines is 1. The van der Waals surface area contributed by atoms with E-state index in [9.17, 15) is 9.59 Å². The first-order valence-electron chi connectivity index (χ1n) is 5.78. The lowest BCUT2D eigenvalue weighted by atomic mass is 10.3. The first kappa shape index (κ1) is 13.4. The Morgan fingerprint density at radius 3 is 2.74 bits per heavy atom. The largest absolute Gasteiger partial charge is 0.323 e. The number of pyridine rings is 1. The van der Waals surface area contributed by atoms with Crippen LogP contribution in [0.1, 0.15) is 5.56 Å². The second kappa shape index (κ2) is 5.71. The predicted molar refractivity (Wildman–Crippen MR) is 75.5 cm³/mol. The average molecular weight is 277 g/mol. The second-order valence-corrected chi connectivity index (χ2v) is 4.56. The van der Waals surface area contributed by atoms with Gasteiger partial charge in [0.15, 0.2) is 0 Å². The summed E-state index contributed by atoms with van der Waals surface area (Å²) in [6.45, 7) is 1.68. The second-order valence-electron chi connectivity index (χ2n) is 4.15. The summed E-state index contributed by atoms with van der Waals surface area (Å²) in [5, 5.41) is 3.14. The molecule has 0 radical (unpaired) electrons. The van der Waals surface area contributed by atoms with Gasteiger partial charge in [-0.25, -0.2) is 0 Å². The standard InChI is InChI=1S/C14H13ClN2O2/c1-10-5-4-8-17(14(10)19)9-13(18)16-12-7-3-2-6-11(12)15/h2-8H,9H2,1H3,(H,16,18). The summed E-state index contributed by atoms with van der Waals surface area (Å²) >= 11 is 5.94. The van der Waals surface area contributed by atoms with Gasteiger partial charge in [-0.15, -0.1) is 0 Å². The van der Waals surface area contributed by atoms with Gasteiger partial charge in [-0.3, -0.25) is 9.59 Å². The minimum Gasteiger partial charge on any atom is -0.323 e. The molecule has 2 aromatic rings. The number of halogens is 1. The minimum absolute atomic E-state index is 0.0360. The normalized spacial score (nSPS) is 10.2. The Morgan fingerprint density at radius 1 is 1.26 bits per heavy atom. The molecule has 1 aromatic heterocycles. The zero-order valence-electron chi connectivity index (χ0n) is 10.4. The van der Waals surface area contributed by atoms with Gasteiger partial charge in [0.2, 0.25) is 5.91 Å². The molecule has 1 amide bonds. The van der Waals surface area contributed by atoms with Crippen LogP contribution in [0, 0.1) is 6.92 Å². The number of benzene rings is 1. The molecule has 0 atom stereocenters. The zero-order chi connectivity index (χ0) is 13.8. The number of nitrogens with zero attached hydrogens (tertiary/aromatic N) is 1. The molecule has 0 aliphatic carbocycles. The molecule has 5 heteroatoms. The highest BCUT2D eigenvalue weighted by molar-refractivity contribution is 6.33. The van der Waals surface area contributed by atoms with Crippen molar-refractivity contribution in [2.45, 2.75) is 13.5 Å². The fourth-order valence-electron chi connectivity index (χ4n) is 1.69. The van der Waals surface area contributed by atoms with E-state index in [1.165, 1.54) is 4.57 Å². The molecule has 0 aliphatic rings. The molecular formula is C14H13ClN2O2. The molecule has 0 unspecified atom stereocenters. The molecule has 0 bridgehead atoms. The Hall–Kier alpha value is -2.07. The number of aromatic nitrogens is 1. The van der Waals surface area contributed by atoms with Crippen molar-refractivity contribution < 1.29 is 4.79 Å². The maximum atomic E-state index is 11.9. The number of carbonyl (C=O) groups excluding carboxylic acids is 1. The third-order valence-electron chi connectivity index (χ3n) is 2.67. The van der Waals surface area contributed by atoms with E-state index in [1.807, 2.05) is 0 Å². The van der Waals surface area contributed by atoms with E-state index in [2.05, 4.69) is 5.32 Å². The van der Waals surface area contributed by atoms with Crippen LogP contribution in [0.3, 0.4) is 0 Å². The Kier molecular flexibility index (Phi) is 4.02. The van der Waals surface area contributed by atoms with E-state index in [4.69, 9.17) is 11.6 Å². The van der Waals surface area contributed by atoms with Gasteiger partial charge in [0.25, 0.3) is 5.56 Å². The van der Waals surface area contributed by atoms with Gasteiger partial charge in [-0.2, -0.15) is 0 Å². The molecule has 2 rings (SSSR count). The van der Waals surface area contributed by atoms with Crippen molar-refractivity contribution in [1.29, 1.82) is 0 Å². The number of carbonyl (C=O) groups is 1. The van der Waals surface area contributed by atoms with Crippen LogP contribution in [-0.2, 0) is 11.3 Å². The maximum Gasteiger partial charge on any atom is 0.253 e. The van der Waals surface area contributed by atoms with Crippen LogP contribution in [-0.4, -0.2) is 10.5 Å². The number of rotatable bonds is 3. The van der Waals surface area contributed by atoms with E-state index < -0.39 is 0 Å². The Labute approximate surface area is 115 Å². The summed E-state index contributed by atoms with van der Waals surface area (Å²) in [7, 11) is 0. The van der Waals surface area contributed by atoms with Crippen molar-refractivity contribution in [1.82, 2.24) is 4.57 Å². The van der Waals surface area contributed by atoms with Crippen LogP contribution < -0.4 is 10.9 Å². The first-order valence-corrected chi connectivity index (χ1v) is 6.16. The summed E-state index contributed by atoms with van der Waals surface area (Å²) in [6.07, 6.45) is 1.58. The molecule has 0 spiro atoms. The van der Waals surface area contributed by atoms with Gasteiger partial charge >= 0.3 is 0 Å². The highest BCUT2D eigenvalue weighted by atomic mass is 35.5. The van der Waals surface area contributed by atoms with Crippen molar-refractivity contribution in [2.24, 2.45) is 0 Å². The van der Waals surface area contributed by atoms with Crippen molar-refractivity contribution in [3.63, 3.8) is 0 Å². The predicted octanol–water partition coefficient (Wildman–Crippen LogP) is 2.45. The van der Waals surface area contributed by atoms with Crippen LogP contribution in [0.15, 0.2) is 47.4 Å². The van der Waals surface area contributed by atoms with Crippen molar-refractivity contribution in [3.05, 3.63) is 63.5 Å². The smallest absolute Gasteiger partial charge is 0.253 e. The summed E-state index contributed by atoms with van der Waals surface area (Å²) in [5.74, 6) is -0.291. The number of hydrogen-bond donors (Lipinski definition) is 1. The first-order chi connectivity index (χ1) is 9.08. The zero-order valence-corrected chi connectivity index (χ0v) is 11.1.